The van der Waals surface area contributed by atoms with Crippen molar-refractivity contribution in [3.8, 4) is 56.8 Å². The molecule has 1 aliphatic heterocycles. The van der Waals surface area contributed by atoms with Crippen molar-refractivity contribution in [2.24, 2.45) is 14.1 Å². The fourth-order valence-electron chi connectivity index (χ4n) is 12.8. The molecule has 0 unspecified atom stereocenters. The normalized spacial score (nSPS) is 12.7. The van der Waals surface area contributed by atoms with E-state index in [2.05, 4.69) is 173 Å². The molecule has 28 heteroatoms. The number of aryl methyl sites for hydroxylation is 2. The molecule has 0 spiro atoms. The highest BCUT2D eigenvalue weighted by Gasteiger charge is 2.52. The zero-order chi connectivity index (χ0) is 80.0. The average molecular weight is 1700 g/mol. The first-order chi connectivity index (χ1) is 54.4. The third-order valence-corrected chi connectivity index (χ3v) is 22.8. The first-order valence-electron chi connectivity index (χ1n) is 36.1. The van der Waals surface area contributed by atoms with Crippen molar-refractivity contribution in [1.82, 2.24) is 84.6 Å². The maximum Gasteiger partial charge on any atom is 0.494 e. The number of aldehydes is 1. The predicted octanol–water partition coefficient (Wildman–Crippen LogP) is 16.6. The van der Waals surface area contributed by atoms with Crippen LogP contribution < -0.4 is 5.46 Å². The summed E-state index contributed by atoms with van der Waals surface area (Å²) >= 11 is 9.89. The molecule has 11 aromatic heterocycles. The number of nitrogens with zero attached hydrogens (tertiary/aromatic N) is 13. The topological polar surface area (TPSA) is 331 Å². The molecule has 1 aliphatic rings. The van der Waals surface area contributed by atoms with Crippen molar-refractivity contribution in [1.29, 1.82) is 0 Å². The molecular formula is C85H81BBr3N17O7. The largest absolute Gasteiger partial charge is 0.494 e. The van der Waals surface area contributed by atoms with Gasteiger partial charge in [-0.05, 0) is 243 Å². The number of para-hydroxylation sites is 6. The number of hydrogen-bond donors (Lipinski definition) is 8. The van der Waals surface area contributed by atoms with E-state index >= 15 is 0 Å². The number of carbonyl (C=O) groups is 1. The molecule has 17 aromatic rings. The molecule has 0 aliphatic carbocycles. The zero-order valence-electron chi connectivity index (χ0n) is 63.8. The Morgan fingerprint density at radius 3 is 1.24 bits per heavy atom. The van der Waals surface area contributed by atoms with Crippen LogP contribution in [0.15, 0.2) is 203 Å². The molecule has 0 radical (unpaired) electrons. The summed E-state index contributed by atoms with van der Waals surface area (Å²) in [5.41, 5.74) is 24.6. The molecule has 0 atom stereocenters. The smallest absolute Gasteiger partial charge is 0.399 e. The highest BCUT2D eigenvalue weighted by atomic mass is 79.9. The Morgan fingerprint density at radius 2 is 0.814 bits per heavy atom. The van der Waals surface area contributed by atoms with E-state index in [4.69, 9.17) is 39.7 Å². The predicted molar refractivity (Wildman–Crippen MR) is 454 cm³/mol. The Bertz CT molecular complexity index is 6160. The van der Waals surface area contributed by atoms with Crippen molar-refractivity contribution >= 4 is 132 Å². The van der Waals surface area contributed by atoms with E-state index in [-0.39, 0.29) is 37.6 Å². The number of rotatable bonds is 11. The quantitative estimate of drug-likeness (QED) is 0.0440. The summed E-state index contributed by atoms with van der Waals surface area (Å²) in [6.45, 7) is 18.1. The van der Waals surface area contributed by atoms with Gasteiger partial charge in [-0.1, -0.05) is 60.7 Å². The van der Waals surface area contributed by atoms with Crippen LogP contribution in [0.2, 0.25) is 0 Å². The van der Waals surface area contributed by atoms with Crippen LogP contribution in [0.4, 0.5) is 0 Å². The van der Waals surface area contributed by atoms with Crippen LogP contribution in [-0.2, 0) is 49.8 Å². The number of aliphatic hydroxyl groups excluding tert-OH is 4. The minimum atomic E-state index is -0.405. The molecule has 8 N–H and O–H groups in total. The summed E-state index contributed by atoms with van der Waals surface area (Å²) in [4.78, 5) is 54.7. The Morgan fingerprint density at radius 1 is 0.434 bits per heavy atom. The fraction of sp³-hybridized carbons (Fsp3) is 0.200. The molecule has 1 saturated heterocycles. The van der Waals surface area contributed by atoms with Gasteiger partial charge in [-0.15, -0.1) is 0 Å². The molecule has 0 amide bonds. The number of H-pyrrole nitrogens is 4. The second-order valence-corrected chi connectivity index (χ2v) is 30.6. The lowest BCUT2D eigenvalue weighted by molar-refractivity contribution is 0.00578. The van der Waals surface area contributed by atoms with Crippen LogP contribution in [0.25, 0.3) is 123 Å². The van der Waals surface area contributed by atoms with E-state index in [0.29, 0.717) is 5.56 Å². The van der Waals surface area contributed by atoms with Crippen molar-refractivity contribution in [3.63, 3.8) is 0 Å². The number of pyridine rings is 5. The summed E-state index contributed by atoms with van der Waals surface area (Å²) < 4.78 is 19.0. The molecule has 6 aromatic carbocycles. The van der Waals surface area contributed by atoms with Crippen molar-refractivity contribution in [3.05, 3.63) is 258 Å². The van der Waals surface area contributed by atoms with E-state index in [1.807, 2.05) is 155 Å². The van der Waals surface area contributed by atoms with Gasteiger partial charge in [0.2, 0.25) is 0 Å². The van der Waals surface area contributed by atoms with Crippen LogP contribution in [0.5, 0.6) is 0 Å². The Balaban J connectivity index is 0.000000125. The third kappa shape index (κ3) is 17.0. The van der Waals surface area contributed by atoms with Gasteiger partial charge in [-0.25, -0.2) is 15.0 Å². The monoisotopic (exact) mass is 1700 g/mol. The number of hydrogen-bond acceptors (Lipinski definition) is 18. The van der Waals surface area contributed by atoms with Crippen LogP contribution in [0, 0.1) is 34.6 Å². The van der Waals surface area contributed by atoms with E-state index in [0.717, 1.165) is 198 Å². The molecule has 18 rings (SSSR count). The number of aliphatic hydroxyl groups is 4. The van der Waals surface area contributed by atoms with Crippen LogP contribution in [-0.4, -0.2) is 130 Å². The molecule has 0 bridgehead atoms. The molecule has 572 valence electrons. The fourth-order valence-corrected chi connectivity index (χ4v) is 13.9. The number of aromatic amines is 4. The van der Waals surface area contributed by atoms with Gasteiger partial charge in [-0.3, -0.25) is 44.2 Å². The van der Waals surface area contributed by atoms with Gasteiger partial charge >= 0.3 is 7.12 Å². The lowest BCUT2D eigenvalue weighted by atomic mass is 9.78. The van der Waals surface area contributed by atoms with Gasteiger partial charge < -0.3 is 44.7 Å². The number of halogens is 3. The van der Waals surface area contributed by atoms with Crippen LogP contribution in [0.1, 0.15) is 88.1 Å². The number of imidazole rings is 3. The van der Waals surface area contributed by atoms with E-state index in [1.54, 1.807) is 49.6 Å². The second kappa shape index (κ2) is 34.4. The van der Waals surface area contributed by atoms with Gasteiger partial charge in [0.15, 0.2) is 23.8 Å². The van der Waals surface area contributed by atoms with E-state index < -0.39 is 7.12 Å². The summed E-state index contributed by atoms with van der Waals surface area (Å²) in [5.74, 6) is 2.25. The van der Waals surface area contributed by atoms with E-state index in [1.165, 1.54) is 0 Å². The standard InChI is InChI=1S/C22H19N5O.C21H23BN4O2.C21H17N5O.2C7H8BrNO.C7H6BrNO/c1-13-15(12-28)10-23-11-17(13)14-7-8-20-16(9-14)21(26-27(20)2)22-24-18-5-3-4-6-19(18)25-22;1-20(2)21(3,4)28-22(27-20)13-10-11-17-14(12-13)18(25-26(17)5)19-23-15-8-6-7-9-16(15)24-19;1-12-14(11-27)9-22-10-16(12)13-6-7-17-15(8-13)20(26-25-17)21-23-18-4-2-3-5-19(18)24-21;3*1-5-6(4-10)2-9-3-7(5)8/h3-11,28H,12H2,1-2H3,(H,24,25);6-12H,1-5H3,(H,23,24);2-10,27H,11H2,1H3,(H,23,24)(H,25,26);2*2-3,10H,4H2,1H3;2-4H,1H3. The summed E-state index contributed by atoms with van der Waals surface area (Å²) in [5, 5.41) is 56.7. The van der Waals surface area contributed by atoms with Gasteiger partial charge in [-0.2, -0.15) is 15.3 Å². The van der Waals surface area contributed by atoms with E-state index in [9.17, 15) is 15.0 Å². The maximum absolute atomic E-state index is 10.3. The van der Waals surface area contributed by atoms with Crippen LogP contribution in [0.3, 0.4) is 0 Å². The first kappa shape index (κ1) is 79.9. The second-order valence-electron chi connectivity index (χ2n) is 28.0. The van der Waals surface area contributed by atoms with Gasteiger partial charge in [0, 0.05) is 122 Å². The highest BCUT2D eigenvalue weighted by Crippen LogP contribution is 2.39. The summed E-state index contributed by atoms with van der Waals surface area (Å²) in [6.07, 6.45) is 17.9. The van der Waals surface area contributed by atoms with Gasteiger partial charge in [0.25, 0.3) is 0 Å². The molecular weight excluding hydrogens is 1620 g/mol. The summed E-state index contributed by atoms with van der Waals surface area (Å²) in [6, 6.07) is 42.5. The molecule has 0 saturated carbocycles. The maximum atomic E-state index is 10.3. The zero-order valence-corrected chi connectivity index (χ0v) is 68.6. The number of fused-ring (bicyclic) bond motifs is 6. The number of benzene rings is 6. The molecule has 113 heavy (non-hydrogen) atoms. The highest BCUT2D eigenvalue weighted by molar-refractivity contribution is 9.11. The SMILES string of the molecule is Cc1c(Br)cncc1C=O.Cc1c(Br)cncc1CO.Cc1c(Br)cncc1CO.Cc1c(CO)cncc1-c1ccc2[nH]nc(-c3nc4ccccc4[nH]3)c2c1.Cc1c(CO)cncc1-c1ccc2c(c1)c(-c1nc3ccccc3[nH]1)nn2C.Cn1nc(-c2nc3ccccc3[nH]2)c2cc(B3OC(C)(C)C(C)(C)O3)ccc21. The molecule has 24 nitrogen and oxygen atoms in total. The molecule has 1 fully saturated rings. The van der Waals surface area contributed by atoms with Crippen LogP contribution >= 0.6 is 47.8 Å². The Kier molecular flexibility index (Phi) is 24.3. The van der Waals surface area contributed by atoms with Gasteiger partial charge in [0.1, 0.15) is 17.1 Å². The number of nitrogens with one attached hydrogen (secondary N) is 4. The minimum absolute atomic E-state index is 0.0218. The Labute approximate surface area is 676 Å². The van der Waals surface area contributed by atoms with Crippen molar-refractivity contribution < 1.29 is 34.5 Å². The minimum Gasteiger partial charge on any atom is -0.399 e. The summed E-state index contributed by atoms with van der Waals surface area (Å²) in [7, 11) is 3.48. The number of aromatic nitrogens is 17. The number of carbonyl (C=O) groups excluding carboxylic acids is 1. The molecule has 12 heterocycles. The van der Waals surface area contributed by atoms with Gasteiger partial charge in [0.05, 0.1) is 87.3 Å². The Hall–Kier alpha value is -11.2. The first-order valence-corrected chi connectivity index (χ1v) is 38.5. The van der Waals surface area contributed by atoms with Crippen molar-refractivity contribution in [2.45, 2.75) is 99.9 Å². The average Bonchev–Trinajstić information content (AvgIpc) is 1.61. The lowest BCUT2D eigenvalue weighted by Crippen LogP contribution is -2.41. The lowest BCUT2D eigenvalue weighted by Gasteiger charge is -2.32. The van der Waals surface area contributed by atoms with Crippen molar-refractivity contribution in [2.75, 3.05) is 0 Å². The third-order valence-electron chi connectivity index (χ3n) is 20.4.